The van der Waals surface area contributed by atoms with Crippen LogP contribution in [-0.4, -0.2) is 74.9 Å². The average molecular weight is 729 g/mol. The van der Waals surface area contributed by atoms with Crippen molar-refractivity contribution in [3.8, 4) is 0 Å². The zero-order valence-electron chi connectivity index (χ0n) is 32.6. The Labute approximate surface area is 306 Å². The van der Waals surface area contributed by atoms with Crippen LogP contribution >= 0.6 is 7.82 Å². The standard InChI is InChI=1S/C40H74NO8P/c1-6-8-10-12-14-16-17-18-19-20-21-22-23-25-27-29-31-33-40(43)49-38(37-48-50(44,45)47-35-34-41(3,4)5)36-46-39(42)32-30-28-26-24-15-13-11-9-7-2/h18-19,21-22,25,27,38H,6-17,20,23-24,26,28-37H2,1-5H3/p+1/b19-18+,22-21+,27-25+/t38-/m1/s1. The SMILES string of the molecule is CCCCCCCC/C=C/C/C=C/C/C=C/CCCC(=O)O[C@H](COC(=O)CCCCCCCCCCC)COP(=O)(O)OCC[N+](C)(C)C. The molecular formula is C40H75NO8P+. The summed E-state index contributed by atoms with van der Waals surface area (Å²) in [5.74, 6) is -0.864. The number of nitrogens with zero attached hydrogens (tertiary/aromatic N) is 1. The molecule has 0 heterocycles. The van der Waals surface area contributed by atoms with Crippen LogP contribution in [0.25, 0.3) is 0 Å². The van der Waals surface area contributed by atoms with Crippen molar-refractivity contribution in [2.24, 2.45) is 0 Å². The van der Waals surface area contributed by atoms with Gasteiger partial charge in [0.05, 0.1) is 27.7 Å². The summed E-state index contributed by atoms with van der Waals surface area (Å²) < 4.78 is 34.1. The number of hydrogen-bond donors (Lipinski definition) is 1. The third-order valence-corrected chi connectivity index (χ3v) is 9.16. The minimum absolute atomic E-state index is 0.0229. The third-order valence-electron chi connectivity index (χ3n) is 8.17. The Morgan fingerprint density at radius 2 is 1.10 bits per heavy atom. The van der Waals surface area contributed by atoms with Gasteiger partial charge in [-0.05, 0) is 44.9 Å². The number of ether oxygens (including phenoxy) is 2. The maximum Gasteiger partial charge on any atom is 0.472 e. The van der Waals surface area contributed by atoms with Gasteiger partial charge in [0, 0.05) is 12.8 Å². The highest BCUT2D eigenvalue weighted by molar-refractivity contribution is 7.47. The molecule has 50 heavy (non-hydrogen) atoms. The molecule has 10 heteroatoms. The van der Waals surface area contributed by atoms with Gasteiger partial charge in [0.15, 0.2) is 6.10 Å². The van der Waals surface area contributed by atoms with Gasteiger partial charge in [-0.1, -0.05) is 134 Å². The number of hydrogen-bond acceptors (Lipinski definition) is 7. The van der Waals surface area contributed by atoms with Gasteiger partial charge in [-0.2, -0.15) is 0 Å². The van der Waals surface area contributed by atoms with Gasteiger partial charge in [0.1, 0.15) is 19.8 Å². The summed E-state index contributed by atoms with van der Waals surface area (Å²) in [5, 5.41) is 0. The van der Waals surface area contributed by atoms with E-state index in [0.29, 0.717) is 17.4 Å². The molecule has 0 saturated carbocycles. The number of quaternary nitrogens is 1. The first-order valence-corrected chi connectivity index (χ1v) is 21.2. The fraction of sp³-hybridized carbons (Fsp3) is 0.800. The summed E-state index contributed by atoms with van der Waals surface area (Å²) in [7, 11) is 1.44. The summed E-state index contributed by atoms with van der Waals surface area (Å²) in [6.07, 6.45) is 34.9. The number of unbranched alkanes of at least 4 members (excludes halogenated alkanes) is 15. The highest BCUT2D eigenvalue weighted by Gasteiger charge is 2.27. The maximum atomic E-state index is 12.6. The van der Waals surface area contributed by atoms with Gasteiger partial charge in [0.2, 0.25) is 0 Å². The van der Waals surface area contributed by atoms with Crippen molar-refractivity contribution in [3.63, 3.8) is 0 Å². The Balaban J connectivity index is 4.50. The van der Waals surface area contributed by atoms with Crippen LogP contribution in [-0.2, 0) is 32.7 Å². The lowest BCUT2D eigenvalue weighted by molar-refractivity contribution is -0.870. The first-order valence-electron chi connectivity index (χ1n) is 19.7. The minimum Gasteiger partial charge on any atom is -0.462 e. The molecule has 0 aromatic rings. The van der Waals surface area contributed by atoms with E-state index in [1.165, 1.54) is 77.0 Å². The zero-order chi connectivity index (χ0) is 37.2. The molecule has 0 rings (SSSR count). The van der Waals surface area contributed by atoms with Gasteiger partial charge in [-0.25, -0.2) is 4.57 Å². The van der Waals surface area contributed by atoms with Gasteiger partial charge < -0.3 is 18.9 Å². The predicted octanol–water partition coefficient (Wildman–Crippen LogP) is 10.6. The van der Waals surface area contributed by atoms with E-state index in [0.717, 1.165) is 44.9 Å². The molecule has 1 unspecified atom stereocenters. The molecule has 0 aliphatic carbocycles. The predicted molar refractivity (Wildman–Crippen MR) is 206 cm³/mol. The Hall–Kier alpha value is -1.77. The van der Waals surface area contributed by atoms with E-state index in [9.17, 15) is 19.0 Å². The smallest absolute Gasteiger partial charge is 0.462 e. The first kappa shape index (κ1) is 48.2. The lowest BCUT2D eigenvalue weighted by Crippen LogP contribution is -2.37. The van der Waals surface area contributed by atoms with Crippen LogP contribution in [0.4, 0.5) is 0 Å². The highest BCUT2D eigenvalue weighted by Crippen LogP contribution is 2.43. The molecule has 2 atom stereocenters. The van der Waals surface area contributed by atoms with Crippen LogP contribution < -0.4 is 0 Å². The summed E-state index contributed by atoms with van der Waals surface area (Å²) in [4.78, 5) is 35.1. The van der Waals surface area contributed by atoms with Crippen molar-refractivity contribution >= 4 is 19.8 Å². The van der Waals surface area contributed by atoms with Crippen LogP contribution in [0.1, 0.15) is 155 Å². The summed E-state index contributed by atoms with van der Waals surface area (Å²) in [6, 6.07) is 0. The number of phosphoric acid groups is 1. The van der Waals surface area contributed by atoms with E-state index in [-0.39, 0.29) is 32.0 Å². The molecule has 0 amide bonds. The molecule has 9 nitrogen and oxygen atoms in total. The number of likely N-dealkylation sites (N-methyl/N-ethyl adjacent to an activating group) is 1. The summed E-state index contributed by atoms with van der Waals surface area (Å²) in [5.41, 5.74) is 0. The molecule has 0 aromatic heterocycles. The van der Waals surface area contributed by atoms with E-state index >= 15 is 0 Å². The number of carbonyl (C=O) groups excluding carboxylic acids is 2. The van der Waals surface area contributed by atoms with Gasteiger partial charge in [0.25, 0.3) is 0 Å². The van der Waals surface area contributed by atoms with Gasteiger partial charge >= 0.3 is 19.8 Å². The number of allylic oxidation sites excluding steroid dienone is 6. The second-order valence-corrected chi connectivity index (χ2v) is 15.8. The Morgan fingerprint density at radius 3 is 1.66 bits per heavy atom. The zero-order valence-corrected chi connectivity index (χ0v) is 33.5. The van der Waals surface area contributed by atoms with Crippen molar-refractivity contribution in [3.05, 3.63) is 36.5 Å². The van der Waals surface area contributed by atoms with Crippen molar-refractivity contribution in [1.29, 1.82) is 0 Å². The quantitative estimate of drug-likeness (QED) is 0.0226. The summed E-state index contributed by atoms with van der Waals surface area (Å²) >= 11 is 0. The van der Waals surface area contributed by atoms with Gasteiger partial charge in [-0.15, -0.1) is 0 Å². The second-order valence-electron chi connectivity index (χ2n) is 14.3. The Kier molecular flexibility index (Phi) is 31.9. The van der Waals surface area contributed by atoms with Crippen molar-refractivity contribution in [1.82, 2.24) is 0 Å². The largest absolute Gasteiger partial charge is 0.472 e. The van der Waals surface area contributed by atoms with E-state index in [2.05, 4.69) is 50.3 Å². The molecule has 0 aromatic carbocycles. The fourth-order valence-electron chi connectivity index (χ4n) is 5.03. The van der Waals surface area contributed by atoms with Crippen LogP contribution in [0, 0.1) is 0 Å². The molecular weight excluding hydrogens is 653 g/mol. The highest BCUT2D eigenvalue weighted by atomic mass is 31.2. The van der Waals surface area contributed by atoms with Crippen LogP contribution in [0.5, 0.6) is 0 Å². The van der Waals surface area contributed by atoms with Crippen molar-refractivity contribution in [2.45, 2.75) is 161 Å². The number of phosphoric ester groups is 1. The molecule has 0 saturated heterocycles. The second kappa shape index (κ2) is 33.1. The van der Waals surface area contributed by atoms with E-state index in [1.807, 2.05) is 21.1 Å². The monoisotopic (exact) mass is 729 g/mol. The number of rotatable bonds is 35. The maximum absolute atomic E-state index is 12.6. The lowest BCUT2D eigenvalue weighted by Gasteiger charge is -2.24. The van der Waals surface area contributed by atoms with E-state index in [1.54, 1.807) is 0 Å². The lowest BCUT2D eigenvalue weighted by atomic mass is 10.1. The molecule has 0 aliphatic rings. The van der Waals surface area contributed by atoms with Crippen LogP contribution in [0.2, 0.25) is 0 Å². The molecule has 1 N–H and O–H groups in total. The Morgan fingerprint density at radius 1 is 0.620 bits per heavy atom. The molecule has 0 spiro atoms. The third kappa shape index (κ3) is 36.0. The minimum atomic E-state index is -4.38. The van der Waals surface area contributed by atoms with Gasteiger partial charge in [-0.3, -0.25) is 18.6 Å². The molecule has 0 fully saturated rings. The van der Waals surface area contributed by atoms with E-state index < -0.39 is 26.5 Å². The molecule has 0 aliphatic heterocycles. The molecule has 0 bridgehead atoms. The molecule has 0 radical (unpaired) electrons. The van der Waals surface area contributed by atoms with Crippen LogP contribution in [0.3, 0.4) is 0 Å². The number of esters is 2. The Bertz CT molecular complexity index is 959. The van der Waals surface area contributed by atoms with Crippen molar-refractivity contribution < 1.29 is 42.1 Å². The number of carbonyl (C=O) groups is 2. The van der Waals surface area contributed by atoms with Crippen LogP contribution in [0.15, 0.2) is 36.5 Å². The topological polar surface area (TPSA) is 108 Å². The normalized spacial score (nSPS) is 14.1. The average Bonchev–Trinajstić information content (AvgIpc) is 3.06. The first-order chi connectivity index (χ1) is 24.0. The van der Waals surface area contributed by atoms with Crippen molar-refractivity contribution in [2.75, 3.05) is 47.5 Å². The van der Waals surface area contributed by atoms with E-state index in [4.69, 9.17) is 18.5 Å². The molecule has 292 valence electrons. The summed E-state index contributed by atoms with van der Waals surface area (Å²) in [6.45, 7) is 4.32. The fourth-order valence-corrected chi connectivity index (χ4v) is 5.77.